The normalized spacial score (nSPS) is 10.9. The molecule has 3 aromatic rings. The Labute approximate surface area is 208 Å². The average molecular weight is 479 g/mol. The highest BCUT2D eigenvalue weighted by Crippen LogP contribution is 2.18. The largest absolute Gasteiger partial charge is 0.497 e. The summed E-state index contributed by atoms with van der Waals surface area (Å²) in [4.78, 5) is 31.6. The minimum Gasteiger partial charge on any atom is -0.497 e. The van der Waals surface area contributed by atoms with Crippen molar-refractivity contribution in [2.45, 2.75) is 58.4 Å². The molecule has 0 fully saturated rings. The lowest BCUT2D eigenvalue weighted by molar-refractivity contribution is -0.130. The van der Waals surface area contributed by atoms with E-state index in [1.54, 1.807) is 7.11 Å². The lowest BCUT2D eigenvalue weighted by Crippen LogP contribution is -2.31. The number of nitrogens with one attached hydrogen (secondary N) is 1. The van der Waals surface area contributed by atoms with Gasteiger partial charge in [-0.3, -0.25) is 9.59 Å². The number of likely N-dealkylation sites (N-methyl/N-ethyl adjacent to an activating group) is 1. The van der Waals surface area contributed by atoms with Crippen molar-refractivity contribution < 1.29 is 14.3 Å². The summed E-state index contributed by atoms with van der Waals surface area (Å²) in [5.41, 5.74) is 2.90. The van der Waals surface area contributed by atoms with Crippen LogP contribution < -0.4 is 10.1 Å². The lowest BCUT2D eigenvalue weighted by atomic mass is 10.1. The van der Waals surface area contributed by atoms with E-state index in [0.29, 0.717) is 19.5 Å². The fraction of sp³-hybridized carbons (Fsp3) is 0.464. The van der Waals surface area contributed by atoms with Crippen LogP contribution >= 0.6 is 0 Å². The number of nitrogens with zero attached hydrogens (tertiary/aromatic N) is 3. The van der Waals surface area contributed by atoms with Crippen LogP contribution in [0.15, 0.2) is 48.5 Å². The molecular weight excluding hydrogens is 440 g/mol. The minimum absolute atomic E-state index is 0.0302. The SMILES string of the molecule is CCCCN(C)C(=O)Cn1c(CCCCCNC(=O)Cc2ccc(OC)cc2)nc2ccccc21. The number of hydrogen-bond donors (Lipinski definition) is 1. The molecule has 0 aliphatic rings. The number of carbonyl (C=O) groups excluding carboxylic acids is 2. The first-order valence-electron chi connectivity index (χ1n) is 12.6. The number of unbranched alkanes of at least 4 members (excludes halogenated alkanes) is 3. The maximum atomic E-state index is 12.8. The van der Waals surface area contributed by atoms with Crippen LogP contribution in [0.2, 0.25) is 0 Å². The highest BCUT2D eigenvalue weighted by atomic mass is 16.5. The molecule has 0 aliphatic heterocycles. The van der Waals surface area contributed by atoms with E-state index in [2.05, 4.69) is 16.8 Å². The first kappa shape index (κ1) is 26.3. The van der Waals surface area contributed by atoms with Gasteiger partial charge < -0.3 is 19.5 Å². The zero-order valence-electron chi connectivity index (χ0n) is 21.3. The van der Waals surface area contributed by atoms with Crippen molar-refractivity contribution >= 4 is 22.8 Å². The van der Waals surface area contributed by atoms with Crippen LogP contribution in [-0.2, 0) is 29.0 Å². The van der Waals surface area contributed by atoms with Crippen LogP contribution in [0.25, 0.3) is 11.0 Å². The van der Waals surface area contributed by atoms with Gasteiger partial charge in [0, 0.05) is 26.6 Å². The molecule has 0 spiro atoms. The maximum Gasteiger partial charge on any atom is 0.242 e. The minimum atomic E-state index is 0.0302. The maximum absolute atomic E-state index is 12.8. The van der Waals surface area contributed by atoms with E-state index < -0.39 is 0 Å². The van der Waals surface area contributed by atoms with E-state index in [4.69, 9.17) is 9.72 Å². The summed E-state index contributed by atoms with van der Waals surface area (Å²) < 4.78 is 7.22. The molecule has 188 valence electrons. The molecule has 0 bridgehead atoms. The van der Waals surface area contributed by atoms with Gasteiger partial charge in [-0.25, -0.2) is 4.98 Å². The molecule has 0 radical (unpaired) electrons. The number of ether oxygens (including phenoxy) is 1. The summed E-state index contributed by atoms with van der Waals surface area (Å²) in [5.74, 6) is 1.88. The van der Waals surface area contributed by atoms with Crippen LogP contribution in [0.3, 0.4) is 0 Å². The van der Waals surface area contributed by atoms with Crippen molar-refractivity contribution in [1.82, 2.24) is 19.8 Å². The van der Waals surface area contributed by atoms with Crippen molar-refractivity contribution in [3.05, 3.63) is 59.9 Å². The van der Waals surface area contributed by atoms with E-state index in [9.17, 15) is 9.59 Å². The molecule has 0 saturated heterocycles. The molecular formula is C28H38N4O3. The second-order valence-electron chi connectivity index (χ2n) is 8.96. The van der Waals surface area contributed by atoms with Gasteiger partial charge in [-0.1, -0.05) is 44.0 Å². The molecule has 1 aromatic heterocycles. The van der Waals surface area contributed by atoms with Gasteiger partial charge in [-0.05, 0) is 49.1 Å². The van der Waals surface area contributed by atoms with E-state index in [1.165, 1.54) is 0 Å². The highest BCUT2D eigenvalue weighted by Gasteiger charge is 2.15. The van der Waals surface area contributed by atoms with Crippen LogP contribution in [0.5, 0.6) is 5.75 Å². The van der Waals surface area contributed by atoms with Gasteiger partial charge in [0.05, 0.1) is 24.6 Å². The van der Waals surface area contributed by atoms with Gasteiger partial charge >= 0.3 is 0 Å². The number of amides is 2. The number of para-hydroxylation sites is 2. The Morgan fingerprint density at radius 3 is 2.54 bits per heavy atom. The third-order valence-electron chi connectivity index (χ3n) is 6.22. The summed E-state index contributed by atoms with van der Waals surface area (Å²) in [5, 5.41) is 3.01. The van der Waals surface area contributed by atoms with Crippen molar-refractivity contribution in [2.24, 2.45) is 0 Å². The Kier molecular flexibility index (Phi) is 10.1. The van der Waals surface area contributed by atoms with Crippen molar-refractivity contribution in [1.29, 1.82) is 0 Å². The Bertz CT molecular complexity index is 1090. The van der Waals surface area contributed by atoms with Gasteiger partial charge in [0.15, 0.2) is 0 Å². The number of hydrogen-bond acceptors (Lipinski definition) is 4. The van der Waals surface area contributed by atoms with Gasteiger partial charge in [-0.2, -0.15) is 0 Å². The van der Waals surface area contributed by atoms with E-state index in [-0.39, 0.29) is 11.8 Å². The fourth-order valence-corrected chi connectivity index (χ4v) is 4.07. The summed E-state index contributed by atoms with van der Waals surface area (Å²) in [6.45, 7) is 3.89. The standard InChI is InChI=1S/C28H38N4O3/c1-4-5-19-31(2)28(34)21-32-25-12-9-8-11-24(25)30-26(32)13-7-6-10-18-29-27(33)20-22-14-16-23(35-3)17-15-22/h8-9,11-12,14-17H,4-7,10,13,18-21H2,1-3H3,(H,29,33). The molecule has 0 saturated carbocycles. The van der Waals surface area contributed by atoms with Crippen molar-refractivity contribution in [2.75, 3.05) is 27.2 Å². The molecule has 1 N–H and O–H groups in total. The molecule has 7 nitrogen and oxygen atoms in total. The zero-order valence-corrected chi connectivity index (χ0v) is 21.3. The number of methoxy groups -OCH3 is 1. The van der Waals surface area contributed by atoms with Crippen LogP contribution in [0.4, 0.5) is 0 Å². The Balaban J connectivity index is 1.46. The van der Waals surface area contributed by atoms with Crippen LogP contribution in [0.1, 0.15) is 50.4 Å². The molecule has 2 aromatic carbocycles. The smallest absolute Gasteiger partial charge is 0.242 e. The van der Waals surface area contributed by atoms with Gasteiger partial charge in [0.25, 0.3) is 0 Å². The molecule has 35 heavy (non-hydrogen) atoms. The highest BCUT2D eigenvalue weighted by molar-refractivity contribution is 5.81. The lowest BCUT2D eigenvalue weighted by Gasteiger charge is -2.18. The first-order chi connectivity index (χ1) is 17.0. The number of benzene rings is 2. The number of aromatic nitrogens is 2. The molecule has 3 rings (SSSR count). The quantitative estimate of drug-likeness (QED) is 0.349. The number of fused-ring (bicyclic) bond motifs is 1. The number of carbonyl (C=O) groups is 2. The molecule has 7 heteroatoms. The summed E-state index contributed by atoms with van der Waals surface area (Å²) >= 11 is 0. The van der Waals surface area contributed by atoms with E-state index in [0.717, 1.165) is 73.2 Å². The number of imidazole rings is 1. The monoisotopic (exact) mass is 478 g/mol. The predicted octanol–water partition coefficient (Wildman–Crippen LogP) is 4.38. The van der Waals surface area contributed by atoms with Crippen molar-refractivity contribution in [3.63, 3.8) is 0 Å². The second-order valence-corrected chi connectivity index (χ2v) is 8.96. The van der Waals surface area contributed by atoms with E-state index >= 15 is 0 Å². The summed E-state index contributed by atoms with van der Waals surface area (Å²) in [6.07, 6.45) is 6.10. The van der Waals surface area contributed by atoms with Gasteiger partial charge in [-0.15, -0.1) is 0 Å². The van der Waals surface area contributed by atoms with Crippen LogP contribution in [-0.4, -0.2) is 53.5 Å². The second kappa shape index (κ2) is 13.5. The Hall–Kier alpha value is -3.35. The first-order valence-corrected chi connectivity index (χ1v) is 12.6. The number of aryl methyl sites for hydroxylation is 1. The van der Waals surface area contributed by atoms with Crippen molar-refractivity contribution in [3.8, 4) is 5.75 Å². The van der Waals surface area contributed by atoms with Gasteiger partial charge in [0.1, 0.15) is 18.1 Å². The Morgan fingerprint density at radius 1 is 1.03 bits per heavy atom. The fourth-order valence-electron chi connectivity index (χ4n) is 4.07. The average Bonchev–Trinajstić information content (AvgIpc) is 3.22. The molecule has 0 aliphatic carbocycles. The zero-order chi connectivity index (χ0) is 25.0. The predicted molar refractivity (Wildman–Crippen MR) is 140 cm³/mol. The molecule has 0 atom stereocenters. The molecule has 1 heterocycles. The topological polar surface area (TPSA) is 76.5 Å². The third-order valence-corrected chi connectivity index (χ3v) is 6.22. The summed E-state index contributed by atoms with van der Waals surface area (Å²) in [6, 6.07) is 15.6. The number of rotatable bonds is 14. The summed E-state index contributed by atoms with van der Waals surface area (Å²) in [7, 11) is 3.50. The van der Waals surface area contributed by atoms with E-state index in [1.807, 2.05) is 60.5 Å². The van der Waals surface area contributed by atoms with Crippen LogP contribution in [0, 0.1) is 0 Å². The molecule has 2 amide bonds. The van der Waals surface area contributed by atoms with Gasteiger partial charge in [0.2, 0.25) is 11.8 Å². The molecule has 0 unspecified atom stereocenters. The third kappa shape index (κ3) is 7.84. The Morgan fingerprint density at radius 2 is 1.80 bits per heavy atom.